The summed E-state index contributed by atoms with van der Waals surface area (Å²) in [6.07, 6.45) is 0. The van der Waals surface area contributed by atoms with E-state index in [-0.39, 0.29) is 24.2 Å². The summed E-state index contributed by atoms with van der Waals surface area (Å²) < 4.78 is 5.16. The van der Waals surface area contributed by atoms with Gasteiger partial charge >= 0.3 is 5.97 Å². The van der Waals surface area contributed by atoms with Gasteiger partial charge in [-0.15, -0.1) is 11.3 Å². The highest BCUT2D eigenvalue weighted by Crippen LogP contribution is 2.25. The van der Waals surface area contributed by atoms with Crippen LogP contribution in [0.4, 0.5) is 0 Å². The smallest absolute Gasteiger partial charge is 0.358 e. The molecule has 0 unspecified atom stereocenters. The van der Waals surface area contributed by atoms with Gasteiger partial charge in [0.2, 0.25) is 0 Å². The molecule has 4 aromatic rings. The minimum atomic E-state index is -0.610. The number of aromatic nitrogens is 1. The SMILES string of the molecule is C[C@@H](NC(=O)COC(=O)c1csc(-c2ccccc2)n1)c1cccc2ccccc12. The van der Waals surface area contributed by atoms with Gasteiger partial charge in [0.25, 0.3) is 5.91 Å². The summed E-state index contributed by atoms with van der Waals surface area (Å²) >= 11 is 1.36. The summed E-state index contributed by atoms with van der Waals surface area (Å²) in [6.45, 7) is 1.56. The maximum absolute atomic E-state index is 12.3. The molecule has 0 radical (unpaired) electrons. The molecule has 5 nitrogen and oxygen atoms in total. The molecule has 4 rings (SSSR count). The van der Waals surface area contributed by atoms with Gasteiger partial charge in [0.1, 0.15) is 5.01 Å². The highest BCUT2D eigenvalue weighted by atomic mass is 32.1. The molecule has 0 aliphatic carbocycles. The van der Waals surface area contributed by atoms with E-state index in [1.54, 1.807) is 5.38 Å². The minimum absolute atomic E-state index is 0.203. The van der Waals surface area contributed by atoms with Crippen molar-refractivity contribution in [1.29, 1.82) is 0 Å². The van der Waals surface area contributed by atoms with Gasteiger partial charge in [-0.2, -0.15) is 0 Å². The van der Waals surface area contributed by atoms with E-state index < -0.39 is 5.97 Å². The number of nitrogens with one attached hydrogen (secondary N) is 1. The second kappa shape index (κ2) is 8.88. The van der Waals surface area contributed by atoms with E-state index in [0.29, 0.717) is 0 Å². The number of thiazole rings is 1. The van der Waals surface area contributed by atoms with Gasteiger partial charge in [-0.25, -0.2) is 9.78 Å². The molecule has 0 saturated carbocycles. The molecule has 3 aromatic carbocycles. The first-order valence-corrected chi connectivity index (χ1v) is 10.4. The van der Waals surface area contributed by atoms with Crippen LogP contribution in [0.3, 0.4) is 0 Å². The van der Waals surface area contributed by atoms with Crippen LogP contribution in [-0.4, -0.2) is 23.5 Å². The Balaban J connectivity index is 1.35. The van der Waals surface area contributed by atoms with Crippen LogP contribution >= 0.6 is 11.3 Å². The highest BCUT2D eigenvalue weighted by Gasteiger charge is 2.17. The van der Waals surface area contributed by atoms with Crippen LogP contribution in [0.1, 0.15) is 29.0 Å². The fourth-order valence-corrected chi connectivity index (χ4v) is 4.07. The molecule has 0 saturated heterocycles. The minimum Gasteiger partial charge on any atom is -0.451 e. The van der Waals surface area contributed by atoms with Crippen molar-refractivity contribution in [3.63, 3.8) is 0 Å². The van der Waals surface area contributed by atoms with E-state index >= 15 is 0 Å². The molecule has 0 fully saturated rings. The number of hydrogen-bond donors (Lipinski definition) is 1. The fraction of sp³-hybridized carbons (Fsp3) is 0.125. The second-order valence-corrected chi connectivity index (χ2v) is 7.70. The van der Waals surface area contributed by atoms with Crippen molar-refractivity contribution in [2.24, 2.45) is 0 Å². The van der Waals surface area contributed by atoms with E-state index in [0.717, 1.165) is 26.9 Å². The third-order valence-corrected chi connectivity index (χ3v) is 5.63. The standard InChI is InChI=1S/C24H20N2O3S/c1-16(19-13-7-11-17-8-5-6-12-20(17)19)25-22(27)14-29-24(28)21-15-30-23(26-21)18-9-3-2-4-10-18/h2-13,15-16H,14H2,1H3,(H,25,27)/t16-/m1/s1. The lowest BCUT2D eigenvalue weighted by Crippen LogP contribution is -2.31. The van der Waals surface area contributed by atoms with E-state index in [9.17, 15) is 9.59 Å². The van der Waals surface area contributed by atoms with Crippen LogP contribution in [0, 0.1) is 0 Å². The van der Waals surface area contributed by atoms with E-state index in [2.05, 4.69) is 10.3 Å². The summed E-state index contributed by atoms with van der Waals surface area (Å²) in [5, 5.41) is 7.46. The Kier molecular flexibility index (Phi) is 5.86. The Labute approximate surface area is 178 Å². The summed E-state index contributed by atoms with van der Waals surface area (Å²) in [6, 6.07) is 23.4. The van der Waals surface area contributed by atoms with E-state index in [1.165, 1.54) is 11.3 Å². The zero-order chi connectivity index (χ0) is 20.9. The van der Waals surface area contributed by atoms with Gasteiger partial charge < -0.3 is 10.1 Å². The largest absolute Gasteiger partial charge is 0.451 e. The maximum atomic E-state index is 12.3. The number of amides is 1. The molecule has 0 spiro atoms. The molecule has 30 heavy (non-hydrogen) atoms. The molecule has 1 aromatic heterocycles. The molecule has 1 amide bonds. The first-order chi connectivity index (χ1) is 14.6. The Bertz CT molecular complexity index is 1180. The normalized spacial score (nSPS) is 11.8. The maximum Gasteiger partial charge on any atom is 0.358 e. The van der Waals surface area contributed by atoms with Gasteiger partial charge in [0, 0.05) is 10.9 Å². The van der Waals surface area contributed by atoms with E-state index in [1.807, 2.05) is 79.7 Å². The number of hydrogen-bond acceptors (Lipinski definition) is 5. The zero-order valence-electron chi connectivity index (χ0n) is 16.4. The number of carbonyl (C=O) groups is 2. The monoisotopic (exact) mass is 416 g/mol. The molecular weight excluding hydrogens is 396 g/mol. The topological polar surface area (TPSA) is 68.3 Å². The number of esters is 1. The van der Waals surface area contributed by atoms with Crippen LogP contribution in [0.2, 0.25) is 0 Å². The van der Waals surface area contributed by atoms with Crippen LogP contribution in [0.5, 0.6) is 0 Å². The Morgan fingerprint density at radius 1 is 1.00 bits per heavy atom. The van der Waals surface area contributed by atoms with Gasteiger partial charge in [0.15, 0.2) is 12.3 Å². The van der Waals surface area contributed by atoms with E-state index in [4.69, 9.17) is 4.74 Å². The number of nitrogens with zero attached hydrogens (tertiary/aromatic N) is 1. The molecule has 1 N–H and O–H groups in total. The van der Waals surface area contributed by atoms with Crippen LogP contribution in [0.15, 0.2) is 78.2 Å². The Morgan fingerprint density at radius 3 is 2.57 bits per heavy atom. The molecule has 150 valence electrons. The number of fused-ring (bicyclic) bond motifs is 1. The summed E-state index contributed by atoms with van der Waals surface area (Å²) in [4.78, 5) is 28.9. The van der Waals surface area contributed by atoms with Gasteiger partial charge in [0.05, 0.1) is 6.04 Å². The van der Waals surface area contributed by atoms with Crippen LogP contribution in [0.25, 0.3) is 21.3 Å². The third kappa shape index (κ3) is 4.39. The zero-order valence-corrected chi connectivity index (χ0v) is 17.2. The number of ether oxygens (including phenoxy) is 1. The van der Waals surface area contributed by atoms with Crippen LogP contribution < -0.4 is 5.32 Å². The van der Waals surface area contributed by atoms with Gasteiger partial charge in [-0.1, -0.05) is 72.8 Å². The number of benzene rings is 3. The van der Waals surface area contributed by atoms with Crippen LogP contribution in [-0.2, 0) is 9.53 Å². The first-order valence-electron chi connectivity index (χ1n) is 9.57. The summed E-state index contributed by atoms with van der Waals surface area (Å²) in [5.74, 6) is -0.969. The lowest BCUT2D eigenvalue weighted by Gasteiger charge is -2.16. The third-order valence-electron chi connectivity index (χ3n) is 4.74. The van der Waals surface area contributed by atoms with Crippen molar-refractivity contribution in [3.05, 3.63) is 89.4 Å². The second-order valence-electron chi connectivity index (χ2n) is 6.84. The van der Waals surface area contributed by atoms with Crippen molar-refractivity contribution >= 4 is 34.0 Å². The number of rotatable bonds is 6. The molecule has 0 aliphatic rings. The molecule has 0 bridgehead atoms. The Morgan fingerprint density at radius 2 is 1.73 bits per heavy atom. The van der Waals surface area contributed by atoms with Crippen molar-refractivity contribution in [1.82, 2.24) is 10.3 Å². The summed E-state index contributed by atoms with van der Waals surface area (Å²) in [5.41, 5.74) is 2.15. The molecule has 0 aliphatic heterocycles. The highest BCUT2D eigenvalue weighted by molar-refractivity contribution is 7.13. The first kappa shape index (κ1) is 19.8. The molecule has 1 heterocycles. The fourth-order valence-electron chi connectivity index (χ4n) is 3.27. The predicted molar refractivity (Wildman–Crippen MR) is 118 cm³/mol. The average Bonchev–Trinajstić information content (AvgIpc) is 3.28. The van der Waals surface area contributed by atoms with Crippen molar-refractivity contribution in [3.8, 4) is 10.6 Å². The lowest BCUT2D eigenvalue weighted by atomic mass is 10.00. The van der Waals surface area contributed by atoms with Crippen molar-refractivity contribution < 1.29 is 14.3 Å². The van der Waals surface area contributed by atoms with Crippen molar-refractivity contribution in [2.75, 3.05) is 6.61 Å². The number of carbonyl (C=O) groups excluding carboxylic acids is 2. The van der Waals surface area contributed by atoms with Crippen molar-refractivity contribution in [2.45, 2.75) is 13.0 Å². The Hall–Kier alpha value is -3.51. The summed E-state index contributed by atoms with van der Waals surface area (Å²) in [7, 11) is 0. The van der Waals surface area contributed by atoms with Gasteiger partial charge in [-0.3, -0.25) is 4.79 Å². The van der Waals surface area contributed by atoms with Gasteiger partial charge in [-0.05, 0) is 23.3 Å². The lowest BCUT2D eigenvalue weighted by molar-refractivity contribution is -0.124. The molecule has 6 heteroatoms. The molecule has 1 atom stereocenters. The molecular formula is C24H20N2O3S. The quantitative estimate of drug-likeness (QED) is 0.449. The average molecular weight is 417 g/mol. The predicted octanol–water partition coefficient (Wildman–Crippen LogP) is 5.00.